The Morgan fingerprint density at radius 2 is 1.82 bits per heavy atom. The predicted octanol–water partition coefficient (Wildman–Crippen LogP) is 4.82. The van der Waals surface area contributed by atoms with E-state index < -0.39 is 11.7 Å². The molecule has 89 valence electrons. The molecule has 1 aliphatic carbocycles. The predicted molar refractivity (Wildman–Crippen MR) is 62.5 cm³/mol. The van der Waals surface area contributed by atoms with Gasteiger partial charge in [0.25, 0.3) is 0 Å². The number of halogens is 4. The SMILES string of the molecule is FC(F)(F)C1=CC[CH]C(c2ccccc2Cl)=C1. The van der Waals surface area contributed by atoms with Crippen LogP contribution in [0.15, 0.2) is 42.0 Å². The van der Waals surface area contributed by atoms with Crippen molar-refractivity contribution in [2.24, 2.45) is 0 Å². The van der Waals surface area contributed by atoms with Crippen LogP contribution in [0, 0.1) is 6.42 Å². The van der Waals surface area contributed by atoms with Gasteiger partial charge in [-0.2, -0.15) is 13.2 Å². The summed E-state index contributed by atoms with van der Waals surface area (Å²) in [5.74, 6) is 0. The zero-order valence-electron chi connectivity index (χ0n) is 8.76. The lowest BCUT2D eigenvalue weighted by molar-refractivity contribution is -0.0884. The normalized spacial score (nSPS) is 16.5. The van der Waals surface area contributed by atoms with Gasteiger partial charge >= 0.3 is 6.18 Å². The van der Waals surface area contributed by atoms with Crippen molar-refractivity contribution in [2.45, 2.75) is 12.6 Å². The fourth-order valence-electron chi connectivity index (χ4n) is 1.68. The minimum atomic E-state index is -4.30. The van der Waals surface area contributed by atoms with E-state index in [-0.39, 0.29) is 6.42 Å². The highest BCUT2D eigenvalue weighted by Gasteiger charge is 2.33. The molecule has 0 saturated carbocycles. The van der Waals surface area contributed by atoms with Gasteiger partial charge in [0.05, 0.1) is 5.57 Å². The molecule has 0 fully saturated rings. The standard InChI is InChI=1S/C13H9ClF3/c14-12-7-2-1-6-11(12)9-4-3-5-10(8-9)13(15,16)17/h1-2,4-8H,3H2. The zero-order valence-corrected chi connectivity index (χ0v) is 9.52. The summed E-state index contributed by atoms with van der Waals surface area (Å²) in [5, 5.41) is 0.457. The monoisotopic (exact) mass is 257 g/mol. The van der Waals surface area contributed by atoms with E-state index in [2.05, 4.69) is 0 Å². The van der Waals surface area contributed by atoms with Gasteiger partial charge in [0, 0.05) is 5.02 Å². The van der Waals surface area contributed by atoms with E-state index in [4.69, 9.17) is 11.6 Å². The first-order chi connectivity index (χ1) is 7.98. The Hall–Kier alpha value is -1.22. The molecule has 1 aliphatic rings. The second-order valence-electron chi connectivity index (χ2n) is 3.68. The van der Waals surface area contributed by atoms with Gasteiger partial charge in [0.1, 0.15) is 0 Å². The molecule has 2 rings (SSSR count). The highest BCUT2D eigenvalue weighted by Crippen LogP contribution is 2.36. The molecule has 1 aromatic rings. The topological polar surface area (TPSA) is 0 Å². The summed E-state index contributed by atoms with van der Waals surface area (Å²) in [7, 11) is 0. The summed E-state index contributed by atoms with van der Waals surface area (Å²) in [4.78, 5) is 0. The second kappa shape index (κ2) is 4.57. The van der Waals surface area contributed by atoms with Crippen molar-refractivity contribution in [3.05, 3.63) is 59.0 Å². The molecule has 0 unspecified atom stereocenters. The summed E-state index contributed by atoms with van der Waals surface area (Å²) in [6.45, 7) is 0. The van der Waals surface area contributed by atoms with Gasteiger partial charge in [-0.25, -0.2) is 0 Å². The molecule has 0 amide bonds. The van der Waals surface area contributed by atoms with Gasteiger partial charge in [0.15, 0.2) is 0 Å². The summed E-state index contributed by atoms with van der Waals surface area (Å²) in [5.41, 5.74) is 0.532. The van der Waals surface area contributed by atoms with Crippen LogP contribution < -0.4 is 0 Å². The number of benzene rings is 1. The molecule has 0 atom stereocenters. The molecule has 1 radical (unpaired) electrons. The van der Waals surface area contributed by atoms with Crippen LogP contribution in [-0.2, 0) is 0 Å². The Morgan fingerprint density at radius 3 is 2.47 bits per heavy atom. The molecule has 17 heavy (non-hydrogen) atoms. The number of alkyl halides is 3. The van der Waals surface area contributed by atoms with Gasteiger partial charge in [-0.1, -0.05) is 35.9 Å². The van der Waals surface area contributed by atoms with Crippen molar-refractivity contribution in [1.82, 2.24) is 0 Å². The molecule has 0 aromatic heterocycles. The third kappa shape index (κ3) is 2.72. The van der Waals surface area contributed by atoms with Gasteiger partial charge in [-0.05, 0) is 36.1 Å². The maximum absolute atomic E-state index is 12.6. The molecule has 0 spiro atoms. The number of allylic oxidation sites excluding steroid dienone is 4. The summed E-state index contributed by atoms with van der Waals surface area (Å²) >= 11 is 5.96. The molecule has 0 N–H and O–H groups in total. The van der Waals surface area contributed by atoms with Crippen LogP contribution in [0.4, 0.5) is 13.2 Å². The van der Waals surface area contributed by atoms with Crippen molar-refractivity contribution in [2.75, 3.05) is 0 Å². The summed E-state index contributed by atoms with van der Waals surface area (Å²) < 4.78 is 37.7. The smallest absolute Gasteiger partial charge is 0.166 e. The van der Waals surface area contributed by atoms with Gasteiger partial charge in [-0.3, -0.25) is 0 Å². The van der Waals surface area contributed by atoms with E-state index in [9.17, 15) is 13.2 Å². The van der Waals surface area contributed by atoms with E-state index in [1.165, 1.54) is 6.08 Å². The fourth-order valence-corrected chi connectivity index (χ4v) is 1.92. The first-order valence-corrected chi connectivity index (χ1v) is 5.43. The lowest BCUT2D eigenvalue weighted by Crippen LogP contribution is -2.12. The minimum Gasteiger partial charge on any atom is -0.166 e. The van der Waals surface area contributed by atoms with Crippen LogP contribution in [0.5, 0.6) is 0 Å². The van der Waals surface area contributed by atoms with E-state index in [0.29, 0.717) is 16.2 Å². The number of hydrogen-bond donors (Lipinski definition) is 0. The average Bonchev–Trinajstić information content (AvgIpc) is 2.29. The quantitative estimate of drug-likeness (QED) is 0.677. The van der Waals surface area contributed by atoms with Gasteiger partial charge in [0.2, 0.25) is 0 Å². The van der Waals surface area contributed by atoms with Crippen LogP contribution in [0.2, 0.25) is 5.02 Å². The van der Waals surface area contributed by atoms with Crippen LogP contribution in [-0.4, -0.2) is 6.18 Å². The molecular weight excluding hydrogens is 249 g/mol. The second-order valence-corrected chi connectivity index (χ2v) is 4.08. The third-order valence-corrected chi connectivity index (χ3v) is 2.83. The van der Waals surface area contributed by atoms with Gasteiger partial charge in [-0.15, -0.1) is 0 Å². The largest absolute Gasteiger partial charge is 0.416 e. The summed E-state index contributed by atoms with van der Waals surface area (Å²) in [6.07, 6.45) is -0.00578. The van der Waals surface area contributed by atoms with Crippen molar-refractivity contribution >= 4 is 17.2 Å². The Kier molecular flexibility index (Phi) is 3.29. The third-order valence-electron chi connectivity index (χ3n) is 2.50. The van der Waals surface area contributed by atoms with Gasteiger partial charge < -0.3 is 0 Å². The summed E-state index contributed by atoms with van der Waals surface area (Å²) in [6, 6.07) is 6.87. The van der Waals surface area contributed by atoms with E-state index in [1.807, 2.05) is 0 Å². The van der Waals surface area contributed by atoms with Crippen molar-refractivity contribution in [1.29, 1.82) is 0 Å². The Balaban J connectivity index is 2.39. The molecule has 4 heteroatoms. The molecule has 0 aliphatic heterocycles. The highest BCUT2D eigenvalue weighted by atomic mass is 35.5. The first-order valence-electron chi connectivity index (χ1n) is 5.05. The van der Waals surface area contributed by atoms with Crippen LogP contribution in [0.3, 0.4) is 0 Å². The lowest BCUT2D eigenvalue weighted by atomic mass is 9.93. The van der Waals surface area contributed by atoms with E-state index in [1.54, 1.807) is 30.7 Å². The molecule has 0 nitrogen and oxygen atoms in total. The van der Waals surface area contributed by atoms with Crippen molar-refractivity contribution in [3.63, 3.8) is 0 Å². The number of hydrogen-bond acceptors (Lipinski definition) is 0. The maximum atomic E-state index is 12.6. The van der Waals surface area contributed by atoms with E-state index >= 15 is 0 Å². The Morgan fingerprint density at radius 1 is 1.12 bits per heavy atom. The average molecular weight is 258 g/mol. The van der Waals surface area contributed by atoms with Crippen LogP contribution >= 0.6 is 11.6 Å². The molecule has 0 heterocycles. The highest BCUT2D eigenvalue weighted by molar-refractivity contribution is 6.32. The zero-order chi connectivity index (χ0) is 12.5. The first kappa shape index (κ1) is 12.2. The fraction of sp³-hybridized carbons (Fsp3) is 0.154. The van der Waals surface area contributed by atoms with Crippen molar-refractivity contribution < 1.29 is 13.2 Å². The van der Waals surface area contributed by atoms with Crippen LogP contribution in [0.1, 0.15) is 12.0 Å². The maximum Gasteiger partial charge on any atom is 0.416 e. The molecule has 1 aromatic carbocycles. The van der Waals surface area contributed by atoms with Crippen molar-refractivity contribution in [3.8, 4) is 0 Å². The van der Waals surface area contributed by atoms with Crippen LogP contribution in [0.25, 0.3) is 5.57 Å². The minimum absolute atomic E-state index is 0.270. The molecule has 0 saturated heterocycles. The number of rotatable bonds is 1. The Labute approximate surface area is 102 Å². The molecule has 0 bridgehead atoms. The Bertz CT molecular complexity index is 484. The molecular formula is C13H9ClF3. The lowest BCUT2D eigenvalue weighted by Gasteiger charge is -2.16. The van der Waals surface area contributed by atoms with E-state index in [0.717, 1.165) is 6.08 Å².